The summed E-state index contributed by atoms with van der Waals surface area (Å²) >= 11 is 0. The summed E-state index contributed by atoms with van der Waals surface area (Å²) in [5.74, 6) is -0.0501. The Morgan fingerprint density at radius 2 is 1.28 bits per heavy atom. The van der Waals surface area contributed by atoms with Crippen LogP contribution in [0.3, 0.4) is 0 Å². The molecule has 3 saturated carbocycles. The second-order valence-corrected chi connectivity index (χ2v) is 11.9. The molecule has 0 bridgehead atoms. The molecule has 0 spiro atoms. The number of alkyl halides is 3. The molecular weight excluding hydrogens is 471 g/mol. The smallest absolute Gasteiger partial charge is 0.399 e. The predicted octanol–water partition coefficient (Wildman–Crippen LogP) is 10.3. The lowest BCUT2D eigenvalue weighted by Gasteiger charge is -2.45. The van der Waals surface area contributed by atoms with E-state index < -0.39 is 23.7 Å². The average molecular weight is 515 g/mol. The molecule has 4 unspecified atom stereocenters. The van der Waals surface area contributed by atoms with E-state index in [1.165, 1.54) is 83.5 Å². The van der Waals surface area contributed by atoms with Crippen LogP contribution in [-0.4, -0.2) is 6.36 Å². The second kappa shape index (κ2) is 12.5. The Balaban J connectivity index is 1.24. The summed E-state index contributed by atoms with van der Waals surface area (Å²) in [6.45, 7) is 2.27. The SMILES string of the molecule is CCCCCCCC1CCC(C2CCC3CC(c4cc(F)c(OC(F)(F)F)c(F)c4)CCC3C2)CC1. The van der Waals surface area contributed by atoms with Crippen molar-refractivity contribution in [3.8, 4) is 5.75 Å². The third-order valence-corrected chi connectivity index (χ3v) is 9.64. The normalized spacial score (nSPS) is 31.2. The Kier molecular flexibility index (Phi) is 9.60. The Labute approximate surface area is 213 Å². The van der Waals surface area contributed by atoms with Gasteiger partial charge in [0.25, 0.3) is 0 Å². The lowest BCUT2D eigenvalue weighted by molar-refractivity contribution is -0.276. The standard InChI is InChI=1S/C30H43F5O/c1-2-3-4-5-6-7-20-8-10-21(11-9-20)22-12-13-24-17-25(15-14-23(24)16-22)26-18-27(31)29(28(32)19-26)36-30(33,34)35/h18-25H,2-17H2,1H3. The topological polar surface area (TPSA) is 9.23 Å². The van der Waals surface area contributed by atoms with E-state index in [2.05, 4.69) is 11.7 Å². The first-order valence-corrected chi connectivity index (χ1v) is 14.5. The van der Waals surface area contributed by atoms with Gasteiger partial charge in [-0.05, 0) is 105 Å². The zero-order valence-corrected chi connectivity index (χ0v) is 21.7. The highest BCUT2D eigenvalue weighted by Gasteiger charge is 2.40. The number of fused-ring (bicyclic) bond motifs is 1. The maximum atomic E-state index is 14.3. The molecule has 0 radical (unpaired) electrons. The summed E-state index contributed by atoms with van der Waals surface area (Å²) in [7, 11) is 0. The van der Waals surface area contributed by atoms with Crippen LogP contribution >= 0.6 is 0 Å². The quantitative estimate of drug-likeness (QED) is 0.235. The number of ether oxygens (including phenoxy) is 1. The van der Waals surface area contributed by atoms with E-state index in [0.717, 1.165) is 49.1 Å². The van der Waals surface area contributed by atoms with Crippen LogP contribution in [0.5, 0.6) is 5.75 Å². The van der Waals surface area contributed by atoms with E-state index in [9.17, 15) is 22.0 Å². The van der Waals surface area contributed by atoms with Crippen LogP contribution in [-0.2, 0) is 0 Å². The highest BCUT2D eigenvalue weighted by atomic mass is 19.4. The average Bonchev–Trinajstić information content (AvgIpc) is 2.85. The molecule has 0 N–H and O–H groups in total. The molecule has 36 heavy (non-hydrogen) atoms. The van der Waals surface area contributed by atoms with Crippen molar-refractivity contribution in [2.45, 2.75) is 122 Å². The van der Waals surface area contributed by atoms with Crippen molar-refractivity contribution in [1.29, 1.82) is 0 Å². The van der Waals surface area contributed by atoms with Gasteiger partial charge in [0, 0.05) is 0 Å². The van der Waals surface area contributed by atoms with Crippen molar-refractivity contribution in [3.05, 3.63) is 29.3 Å². The van der Waals surface area contributed by atoms with Crippen LogP contribution < -0.4 is 4.74 Å². The summed E-state index contributed by atoms with van der Waals surface area (Å²) < 4.78 is 69.5. The monoisotopic (exact) mass is 514 g/mol. The molecule has 4 rings (SSSR count). The molecule has 3 fully saturated rings. The number of benzene rings is 1. The molecule has 0 saturated heterocycles. The zero-order chi connectivity index (χ0) is 25.7. The molecule has 1 aromatic rings. The van der Waals surface area contributed by atoms with Crippen molar-refractivity contribution >= 4 is 0 Å². The molecule has 1 aromatic carbocycles. The molecule has 0 amide bonds. The van der Waals surface area contributed by atoms with Crippen LogP contribution in [0.2, 0.25) is 0 Å². The maximum Gasteiger partial charge on any atom is 0.573 e. The molecule has 0 aromatic heterocycles. The Hall–Kier alpha value is -1.33. The minimum absolute atomic E-state index is 0.000461. The summed E-state index contributed by atoms with van der Waals surface area (Å²) in [5, 5.41) is 0. The predicted molar refractivity (Wildman–Crippen MR) is 133 cm³/mol. The van der Waals surface area contributed by atoms with Gasteiger partial charge >= 0.3 is 6.36 Å². The fraction of sp³-hybridized carbons (Fsp3) is 0.800. The van der Waals surface area contributed by atoms with Crippen LogP contribution in [0.1, 0.15) is 121 Å². The van der Waals surface area contributed by atoms with Gasteiger partial charge in [-0.1, -0.05) is 58.3 Å². The maximum absolute atomic E-state index is 14.3. The van der Waals surface area contributed by atoms with Crippen LogP contribution in [0.25, 0.3) is 0 Å². The summed E-state index contributed by atoms with van der Waals surface area (Å²) in [6, 6.07) is 2.09. The molecule has 4 atom stereocenters. The third-order valence-electron chi connectivity index (χ3n) is 9.64. The molecule has 0 aliphatic heterocycles. The van der Waals surface area contributed by atoms with Crippen LogP contribution in [0.15, 0.2) is 12.1 Å². The zero-order valence-electron chi connectivity index (χ0n) is 21.7. The largest absolute Gasteiger partial charge is 0.573 e. The van der Waals surface area contributed by atoms with Gasteiger partial charge in [0.15, 0.2) is 11.6 Å². The van der Waals surface area contributed by atoms with E-state index >= 15 is 0 Å². The van der Waals surface area contributed by atoms with E-state index in [0.29, 0.717) is 17.4 Å². The van der Waals surface area contributed by atoms with Gasteiger partial charge in [0.05, 0.1) is 0 Å². The van der Waals surface area contributed by atoms with Gasteiger partial charge in [0.2, 0.25) is 5.75 Å². The van der Waals surface area contributed by atoms with Crippen LogP contribution in [0.4, 0.5) is 22.0 Å². The molecule has 1 nitrogen and oxygen atoms in total. The Morgan fingerprint density at radius 3 is 1.92 bits per heavy atom. The van der Waals surface area contributed by atoms with Gasteiger partial charge in [-0.3, -0.25) is 0 Å². The highest BCUT2D eigenvalue weighted by molar-refractivity contribution is 5.33. The number of hydrogen-bond acceptors (Lipinski definition) is 1. The number of rotatable bonds is 9. The number of hydrogen-bond donors (Lipinski definition) is 0. The van der Waals surface area contributed by atoms with Crippen LogP contribution in [0, 0.1) is 41.2 Å². The molecule has 204 valence electrons. The van der Waals surface area contributed by atoms with Gasteiger partial charge in [-0.2, -0.15) is 0 Å². The molecule has 3 aliphatic rings. The second-order valence-electron chi connectivity index (χ2n) is 11.9. The first-order chi connectivity index (χ1) is 17.2. The summed E-state index contributed by atoms with van der Waals surface area (Å²) in [6.07, 6.45) is 15.2. The van der Waals surface area contributed by atoms with E-state index in [1.54, 1.807) is 0 Å². The Morgan fingerprint density at radius 1 is 0.722 bits per heavy atom. The number of halogens is 5. The van der Waals surface area contributed by atoms with Crippen molar-refractivity contribution in [2.75, 3.05) is 0 Å². The summed E-state index contributed by atoms with van der Waals surface area (Å²) in [4.78, 5) is 0. The fourth-order valence-corrected chi connectivity index (χ4v) is 7.67. The van der Waals surface area contributed by atoms with Gasteiger partial charge < -0.3 is 4.74 Å². The highest BCUT2D eigenvalue weighted by Crippen LogP contribution is 2.51. The number of unbranched alkanes of at least 4 members (excludes halogenated alkanes) is 4. The van der Waals surface area contributed by atoms with Crippen molar-refractivity contribution in [3.63, 3.8) is 0 Å². The van der Waals surface area contributed by atoms with E-state index in [4.69, 9.17) is 0 Å². The molecule has 0 heterocycles. The fourth-order valence-electron chi connectivity index (χ4n) is 7.67. The lowest BCUT2D eigenvalue weighted by atomic mass is 9.60. The van der Waals surface area contributed by atoms with Gasteiger partial charge in [-0.25, -0.2) is 8.78 Å². The van der Waals surface area contributed by atoms with Gasteiger partial charge in [-0.15, -0.1) is 13.2 Å². The lowest BCUT2D eigenvalue weighted by Crippen LogP contribution is -2.34. The van der Waals surface area contributed by atoms with E-state index in [-0.39, 0.29) is 5.92 Å². The Bertz CT molecular complexity index is 806. The van der Waals surface area contributed by atoms with Crippen molar-refractivity contribution in [2.24, 2.45) is 29.6 Å². The van der Waals surface area contributed by atoms with E-state index in [1.807, 2.05) is 0 Å². The summed E-state index contributed by atoms with van der Waals surface area (Å²) in [5.41, 5.74) is 0.466. The molecule has 3 aliphatic carbocycles. The minimum Gasteiger partial charge on any atom is -0.399 e. The first-order valence-electron chi connectivity index (χ1n) is 14.5. The molecule has 6 heteroatoms. The third kappa shape index (κ3) is 7.37. The minimum atomic E-state index is -5.12. The van der Waals surface area contributed by atoms with Gasteiger partial charge in [0.1, 0.15) is 0 Å². The first kappa shape index (κ1) is 27.7. The molecular formula is C30H43F5O. The van der Waals surface area contributed by atoms with Crippen molar-refractivity contribution < 1.29 is 26.7 Å². The van der Waals surface area contributed by atoms with Crippen molar-refractivity contribution in [1.82, 2.24) is 0 Å².